The molecule has 2 aromatic carbocycles. The molecule has 1 saturated heterocycles. The van der Waals surface area contributed by atoms with Gasteiger partial charge in [-0.3, -0.25) is 9.52 Å². The van der Waals surface area contributed by atoms with Crippen molar-refractivity contribution in [3.63, 3.8) is 0 Å². The molecule has 10 heteroatoms. The van der Waals surface area contributed by atoms with E-state index in [-0.39, 0.29) is 23.0 Å². The smallest absolute Gasteiger partial charge is 0.331 e. The molecule has 2 heterocycles. The Kier molecular flexibility index (Phi) is 4.34. The zero-order valence-electron chi connectivity index (χ0n) is 14.9. The van der Waals surface area contributed by atoms with Crippen LogP contribution in [-0.4, -0.2) is 52.1 Å². The SMILES string of the molecule is CN1CC(=O)N(c2cccc(NS(=O)(=O)c3ccc4c(c3)OCCO4)c2)C1=O. The van der Waals surface area contributed by atoms with Gasteiger partial charge in [0.25, 0.3) is 15.9 Å². The molecule has 2 aromatic rings. The summed E-state index contributed by atoms with van der Waals surface area (Å²) in [5, 5.41) is 0. The minimum absolute atomic E-state index is 0.00946. The number of nitrogens with one attached hydrogen (secondary N) is 1. The molecule has 0 bridgehead atoms. The third-order valence-corrected chi connectivity index (χ3v) is 5.70. The number of hydrogen-bond acceptors (Lipinski definition) is 6. The highest BCUT2D eigenvalue weighted by Crippen LogP contribution is 2.33. The van der Waals surface area contributed by atoms with E-state index in [9.17, 15) is 18.0 Å². The van der Waals surface area contributed by atoms with Crippen molar-refractivity contribution in [2.75, 3.05) is 36.4 Å². The van der Waals surface area contributed by atoms with Gasteiger partial charge in [0.2, 0.25) is 0 Å². The summed E-state index contributed by atoms with van der Waals surface area (Å²) < 4.78 is 38.8. The summed E-state index contributed by atoms with van der Waals surface area (Å²) in [6, 6.07) is 9.99. The number of carbonyl (C=O) groups is 2. The van der Waals surface area contributed by atoms with Crippen LogP contribution in [0.3, 0.4) is 0 Å². The van der Waals surface area contributed by atoms with Crippen LogP contribution < -0.4 is 19.1 Å². The van der Waals surface area contributed by atoms with Gasteiger partial charge in [0.15, 0.2) is 11.5 Å². The van der Waals surface area contributed by atoms with Gasteiger partial charge in [-0.15, -0.1) is 0 Å². The van der Waals surface area contributed by atoms with Gasteiger partial charge in [-0.25, -0.2) is 18.1 Å². The summed E-state index contributed by atoms with van der Waals surface area (Å²) in [4.78, 5) is 26.5. The summed E-state index contributed by atoms with van der Waals surface area (Å²) in [6.07, 6.45) is 0. The Balaban J connectivity index is 1.60. The number of amides is 3. The van der Waals surface area contributed by atoms with Crippen molar-refractivity contribution in [3.05, 3.63) is 42.5 Å². The number of sulfonamides is 1. The highest BCUT2D eigenvalue weighted by molar-refractivity contribution is 7.92. The van der Waals surface area contributed by atoms with Crippen LogP contribution in [0.25, 0.3) is 0 Å². The molecule has 0 atom stereocenters. The molecule has 4 rings (SSSR count). The van der Waals surface area contributed by atoms with E-state index >= 15 is 0 Å². The van der Waals surface area contributed by atoms with Crippen molar-refractivity contribution < 1.29 is 27.5 Å². The van der Waals surface area contributed by atoms with Crippen LogP contribution in [-0.2, 0) is 14.8 Å². The number of likely N-dealkylation sites (N-methyl/N-ethyl adjacent to an activating group) is 1. The van der Waals surface area contributed by atoms with Gasteiger partial charge >= 0.3 is 6.03 Å². The molecule has 0 aliphatic carbocycles. The standard InChI is InChI=1S/C18H17N3O6S/c1-20-11-17(22)21(18(20)23)13-4-2-3-12(9-13)19-28(24,25)14-5-6-15-16(10-14)27-8-7-26-15/h2-6,9-10,19H,7-8,11H2,1H3. The Morgan fingerprint density at radius 1 is 1.00 bits per heavy atom. The summed E-state index contributed by atoms with van der Waals surface area (Å²) in [7, 11) is -2.39. The van der Waals surface area contributed by atoms with Gasteiger partial charge in [0.05, 0.1) is 16.3 Å². The molecule has 9 nitrogen and oxygen atoms in total. The summed E-state index contributed by atoms with van der Waals surface area (Å²) in [6.45, 7) is 0.734. The molecule has 1 fully saturated rings. The Morgan fingerprint density at radius 2 is 1.75 bits per heavy atom. The number of rotatable bonds is 4. The lowest BCUT2D eigenvalue weighted by atomic mass is 10.2. The third kappa shape index (κ3) is 3.22. The fourth-order valence-electron chi connectivity index (χ4n) is 2.99. The summed E-state index contributed by atoms with van der Waals surface area (Å²) in [5.74, 6) is 0.473. The number of nitrogens with zero attached hydrogens (tertiary/aromatic N) is 2. The van der Waals surface area contributed by atoms with Gasteiger partial charge in [-0.2, -0.15) is 0 Å². The average molecular weight is 403 g/mol. The minimum atomic E-state index is -3.91. The fraction of sp³-hybridized carbons (Fsp3) is 0.222. The lowest BCUT2D eigenvalue weighted by molar-refractivity contribution is -0.116. The van der Waals surface area contributed by atoms with Crippen molar-refractivity contribution >= 4 is 33.3 Å². The molecule has 3 amide bonds. The first-order chi connectivity index (χ1) is 13.3. The van der Waals surface area contributed by atoms with Gasteiger partial charge in [0, 0.05) is 13.1 Å². The number of urea groups is 1. The van der Waals surface area contributed by atoms with Crippen molar-refractivity contribution in [1.82, 2.24) is 4.90 Å². The number of fused-ring (bicyclic) bond motifs is 1. The maximum atomic E-state index is 12.7. The van der Waals surface area contributed by atoms with Crippen LogP contribution in [0.1, 0.15) is 0 Å². The second-order valence-electron chi connectivity index (χ2n) is 6.33. The van der Waals surface area contributed by atoms with E-state index in [0.717, 1.165) is 4.90 Å². The molecule has 0 unspecified atom stereocenters. The average Bonchev–Trinajstić information content (AvgIpc) is 2.93. The third-order valence-electron chi connectivity index (χ3n) is 4.32. The molecular weight excluding hydrogens is 386 g/mol. The Labute approximate surface area is 161 Å². The van der Waals surface area contributed by atoms with Crippen LogP contribution in [0.2, 0.25) is 0 Å². The molecule has 2 aliphatic rings. The molecule has 1 N–H and O–H groups in total. The first-order valence-electron chi connectivity index (χ1n) is 8.46. The van der Waals surface area contributed by atoms with Crippen LogP contribution in [0.5, 0.6) is 11.5 Å². The maximum absolute atomic E-state index is 12.7. The summed E-state index contributed by atoms with van der Waals surface area (Å²) in [5.41, 5.74) is 0.518. The quantitative estimate of drug-likeness (QED) is 0.779. The highest BCUT2D eigenvalue weighted by atomic mass is 32.2. The number of ether oxygens (including phenoxy) is 2. The van der Waals surface area contributed by atoms with Gasteiger partial charge in [-0.05, 0) is 30.3 Å². The van der Waals surface area contributed by atoms with Gasteiger partial charge in [-0.1, -0.05) is 6.07 Å². The van der Waals surface area contributed by atoms with Crippen LogP contribution >= 0.6 is 0 Å². The number of hydrogen-bond donors (Lipinski definition) is 1. The Morgan fingerprint density at radius 3 is 2.46 bits per heavy atom. The van der Waals surface area contributed by atoms with E-state index in [1.54, 1.807) is 12.1 Å². The molecule has 0 aromatic heterocycles. The Hall–Kier alpha value is -3.27. The van der Waals surface area contributed by atoms with Crippen molar-refractivity contribution in [2.24, 2.45) is 0 Å². The molecule has 0 saturated carbocycles. The predicted molar refractivity (Wildman–Crippen MR) is 100 cm³/mol. The van der Waals surface area contributed by atoms with E-state index < -0.39 is 16.1 Å². The van der Waals surface area contributed by atoms with Crippen molar-refractivity contribution in [2.45, 2.75) is 4.90 Å². The maximum Gasteiger partial charge on any atom is 0.331 e. The zero-order valence-corrected chi connectivity index (χ0v) is 15.7. The first-order valence-corrected chi connectivity index (χ1v) is 9.94. The minimum Gasteiger partial charge on any atom is -0.486 e. The number of benzene rings is 2. The largest absolute Gasteiger partial charge is 0.486 e. The van der Waals surface area contributed by atoms with Gasteiger partial charge in [0.1, 0.15) is 19.8 Å². The molecule has 28 heavy (non-hydrogen) atoms. The van der Waals surface area contributed by atoms with E-state index in [2.05, 4.69) is 4.72 Å². The van der Waals surface area contributed by atoms with Crippen molar-refractivity contribution in [1.29, 1.82) is 0 Å². The fourth-order valence-corrected chi connectivity index (χ4v) is 4.05. The lowest BCUT2D eigenvalue weighted by Crippen LogP contribution is -2.31. The van der Waals surface area contributed by atoms with E-state index in [1.807, 2.05) is 0 Å². The monoisotopic (exact) mass is 403 g/mol. The second kappa shape index (κ2) is 6.71. The number of anilines is 2. The first kappa shape index (κ1) is 18.1. The van der Waals surface area contributed by atoms with Gasteiger partial charge < -0.3 is 14.4 Å². The number of carbonyl (C=O) groups excluding carboxylic acids is 2. The molecule has 2 aliphatic heterocycles. The molecule has 146 valence electrons. The number of imide groups is 1. The van der Waals surface area contributed by atoms with E-state index in [0.29, 0.717) is 30.4 Å². The van der Waals surface area contributed by atoms with E-state index in [1.165, 1.54) is 42.3 Å². The topological polar surface area (TPSA) is 105 Å². The molecule has 0 radical (unpaired) electrons. The van der Waals surface area contributed by atoms with Crippen LogP contribution in [0.15, 0.2) is 47.4 Å². The summed E-state index contributed by atoms with van der Waals surface area (Å²) >= 11 is 0. The zero-order chi connectivity index (χ0) is 19.9. The molecule has 0 spiro atoms. The Bertz CT molecular complexity index is 1070. The predicted octanol–water partition coefficient (Wildman–Crippen LogP) is 1.66. The normalized spacial score (nSPS) is 16.5. The van der Waals surface area contributed by atoms with Crippen LogP contribution in [0, 0.1) is 0 Å². The lowest BCUT2D eigenvalue weighted by Gasteiger charge is -2.19. The highest BCUT2D eigenvalue weighted by Gasteiger charge is 2.35. The van der Waals surface area contributed by atoms with E-state index in [4.69, 9.17) is 9.47 Å². The van der Waals surface area contributed by atoms with Crippen molar-refractivity contribution in [3.8, 4) is 11.5 Å². The second-order valence-corrected chi connectivity index (χ2v) is 8.01. The van der Waals surface area contributed by atoms with Crippen LogP contribution in [0.4, 0.5) is 16.2 Å². The molecular formula is C18H17N3O6S.